The van der Waals surface area contributed by atoms with E-state index in [1.165, 1.54) is 0 Å². The molecule has 4 rings (SSSR count). The molecule has 0 spiro atoms. The Bertz CT molecular complexity index is 895. The zero-order valence-corrected chi connectivity index (χ0v) is 16.2. The second-order valence-corrected chi connectivity index (χ2v) is 6.77. The van der Waals surface area contributed by atoms with Gasteiger partial charge in [-0.05, 0) is 31.2 Å². The highest BCUT2D eigenvalue weighted by Crippen LogP contribution is 2.31. The maximum atomic E-state index is 12.9. The number of carbonyl (C=O) groups excluding carboxylic acids is 2. The van der Waals surface area contributed by atoms with Crippen molar-refractivity contribution in [2.45, 2.75) is 13.0 Å². The van der Waals surface area contributed by atoms with Crippen LogP contribution in [-0.2, 0) is 4.79 Å². The number of amides is 2. The number of nitrogens with zero attached hydrogens (tertiary/aromatic N) is 3. The summed E-state index contributed by atoms with van der Waals surface area (Å²) >= 11 is 0. The number of carbonyl (C=O) groups is 2. The second-order valence-electron chi connectivity index (χ2n) is 6.77. The Morgan fingerprint density at radius 3 is 2.55 bits per heavy atom. The molecule has 29 heavy (non-hydrogen) atoms. The molecule has 1 fully saturated rings. The van der Waals surface area contributed by atoms with E-state index in [-0.39, 0.29) is 18.4 Å². The molecule has 2 aromatic rings. The smallest absolute Gasteiger partial charge is 0.267 e. The number of rotatable bonds is 4. The minimum Gasteiger partial charge on any atom is -0.485 e. The maximum Gasteiger partial charge on any atom is 0.267 e. The van der Waals surface area contributed by atoms with E-state index in [0.717, 1.165) is 0 Å². The lowest BCUT2D eigenvalue weighted by Crippen LogP contribution is -2.55. The number of para-hydroxylation sites is 2. The van der Waals surface area contributed by atoms with E-state index in [2.05, 4.69) is 4.98 Å². The summed E-state index contributed by atoms with van der Waals surface area (Å²) in [6.45, 7) is 4.23. The van der Waals surface area contributed by atoms with E-state index in [9.17, 15) is 9.59 Å². The van der Waals surface area contributed by atoms with Gasteiger partial charge in [-0.25, -0.2) is 4.98 Å². The van der Waals surface area contributed by atoms with Crippen LogP contribution in [0.5, 0.6) is 17.4 Å². The second kappa shape index (κ2) is 8.38. The summed E-state index contributed by atoms with van der Waals surface area (Å²) < 4.78 is 16.9. The molecule has 0 aliphatic carbocycles. The monoisotopic (exact) mass is 397 g/mol. The largest absolute Gasteiger partial charge is 0.485 e. The van der Waals surface area contributed by atoms with Gasteiger partial charge < -0.3 is 24.0 Å². The Labute approximate surface area is 169 Å². The molecule has 0 saturated carbocycles. The molecule has 1 saturated heterocycles. The predicted octanol–water partition coefficient (Wildman–Crippen LogP) is 1.60. The van der Waals surface area contributed by atoms with Crippen LogP contribution in [-0.4, -0.2) is 72.1 Å². The van der Waals surface area contributed by atoms with Crippen molar-refractivity contribution in [3.63, 3.8) is 0 Å². The molecule has 1 aromatic heterocycles. The third-order valence-electron chi connectivity index (χ3n) is 4.95. The van der Waals surface area contributed by atoms with Gasteiger partial charge in [0.25, 0.3) is 11.8 Å². The maximum absolute atomic E-state index is 12.9. The molecule has 2 amide bonds. The van der Waals surface area contributed by atoms with Gasteiger partial charge in [-0.1, -0.05) is 12.1 Å². The summed E-state index contributed by atoms with van der Waals surface area (Å²) in [5.74, 6) is 1.30. The van der Waals surface area contributed by atoms with Gasteiger partial charge in [0.2, 0.25) is 12.0 Å². The van der Waals surface area contributed by atoms with Gasteiger partial charge in [0.1, 0.15) is 12.2 Å². The van der Waals surface area contributed by atoms with E-state index >= 15 is 0 Å². The molecule has 1 aromatic carbocycles. The molecule has 1 atom stereocenters. The lowest BCUT2D eigenvalue weighted by atomic mass is 10.2. The molecular weight excluding hydrogens is 374 g/mol. The first kappa shape index (κ1) is 19.0. The van der Waals surface area contributed by atoms with Crippen molar-refractivity contribution in [3.8, 4) is 17.4 Å². The van der Waals surface area contributed by atoms with Crippen LogP contribution in [0.4, 0.5) is 0 Å². The van der Waals surface area contributed by atoms with Crippen LogP contribution in [0.3, 0.4) is 0 Å². The van der Waals surface area contributed by atoms with E-state index in [1.807, 2.05) is 25.1 Å². The van der Waals surface area contributed by atoms with Crippen LogP contribution in [0.1, 0.15) is 17.3 Å². The van der Waals surface area contributed by atoms with Gasteiger partial charge in [-0.2, -0.15) is 0 Å². The molecule has 2 aliphatic heterocycles. The molecule has 8 nitrogen and oxygen atoms in total. The third-order valence-corrected chi connectivity index (χ3v) is 4.95. The van der Waals surface area contributed by atoms with Crippen LogP contribution < -0.4 is 14.2 Å². The first-order chi connectivity index (χ1) is 14.2. The number of ether oxygens (including phenoxy) is 3. The Hall–Kier alpha value is -3.29. The van der Waals surface area contributed by atoms with Crippen molar-refractivity contribution in [2.24, 2.45) is 0 Å². The van der Waals surface area contributed by atoms with E-state index in [1.54, 1.807) is 34.2 Å². The van der Waals surface area contributed by atoms with Crippen molar-refractivity contribution in [1.82, 2.24) is 14.8 Å². The van der Waals surface area contributed by atoms with Crippen LogP contribution in [0, 0.1) is 0 Å². The molecule has 0 N–H and O–H groups in total. The quantitative estimate of drug-likeness (QED) is 0.780. The number of benzene rings is 1. The average Bonchev–Trinajstić information content (AvgIpc) is 2.78. The van der Waals surface area contributed by atoms with Crippen LogP contribution in [0.15, 0.2) is 42.6 Å². The van der Waals surface area contributed by atoms with Crippen molar-refractivity contribution in [1.29, 1.82) is 0 Å². The van der Waals surface area contributed by atoms with Gasteiger partial charge in [0.05, 0.1) is 6.61 Å². The van der Waals surface area contributed by atoms with E-state index < -0.39 is 6.10 Å². The summed E-state index contributed by atoms with van der Waals surface area (Å²) in [4.78, 5) is 33.3. The number of fused-ring (bicyclic) bond motifs is 1. The summed E-state index contributed by atoms with van der Waals surface area (Å²) in [6.07, 6.45) is 0.929. The number of pyridine rings is 1. The Morgan fingerprint density at radius 2 is 1.79 bits per heavy atom. The van der Waals surface area contributed by atoms with Crippen molar-refractivity contribution in [3.05, 3.63) is 48.2 Å². The Morgan fingerprint density at radius 1 is 1.07 bits per heavy atom. The SMILES string of the molecule is CCOc1ncccc1C(=O)N1CCN(C(=O)[C@H]2COc3ccccc3O2)CC1. The number of hydrogen-bond donors (Lipinski definition) is 0. The fourth-order valence-corrected chi connectivity index (χ4v) is 3.45. The third kappa shape index (κ3) is 3.96. The number of aromatic nitrogens is 1. The Kier molecular flexibility index (Phi) is 5.50. The van der Waals surface area contributed by atoms with Crippen LogP contribution >= 0.6 is 0 Å². The predicted molar refractivity (Wildman–Crippen MR) is 104 cm³/mol. The molecule has 0 bridgehead atoms. The topological polar surface area (TPSA) is 81.2 Å². The lowest BCUT2D eigenvalue weighted by molar-refractivity contribution is -0.142. The summed E-state index contributed by atoms with van der Waals surface area (Å²) in [7, 11) is 0. The summed E-state index contributed by atoms with van der Waals surface area (Å²) in [5.41, 5.74) is 0.440. The first-order valence-corrected chi connectivity index (χ1v) is 9.71. The molecule has 8 heteroatoms. The van der Waals surface area contributed by atoms with Crippen molar-refractivity contribution >= 4 is 11.8 Å². The standard InChI is InChI=1S/C21H23N3O5/c1-2-27-19-15(6-5-9-22-19)20(25)23-10-12-24(13-11-23)21(26)18-14-28-16-7-3-4-8-17(16)29-18/h3-9,18H,2,10-14H2,1H3/t18-/m1/s1. The molecular formula is C21H23N3O5. The Balaban J connectivity index is 1.36. The normalized spacial score (nSPS) is 18.3. The summed E-state index contributed by atoms with van der Waals surface area (Å²) in [5, 5.41) is 0. The highest BCUT2D eigenvalue weighted by Gasteiger charge is 2.34. The van der Waals surface area contributed by atoms with Gasteiger partial charge in [0, 0.05) is 32.4 Å². The van der Waals surface area contributed by atoms with Gasteiger partial charge in [-0.3, -0.25) is 9.59 Å². The summed E-state index contributed by atoms with van der Waals surface area (Å²) in [6, 6.07) is 10.7. The zero-order chi connectivity index (χ0) is 20.2. The zero-order valence-electron chi connectivity index (χ0n) is 16.2. The van der Waals surface area contributed by atoms with Gasteiger partial charge in [0.15, 0.2) is 11.5 Å². The van der Waals surface area contributed by atoms with Crippen molar-refractivity contribution < 1.29 is 23.8 Å². The van der Waals surface area contributed by atoms with Crippen LogP contribution in [0.25, 0.3) is 0 Å². The lowest BCUT2D eigenvalue weighted by Gasteiger charge is -2.37. The fraction of sp³-hybridized carbons (Fsp3) is 0.381. The molecule has 3 heterocycles. The minimum atomic E-state index is -0.671. The number of hydrogen-bond acceptors (Lipinski definition) is 6. The average molecular weight is 397 g/mol. The van der Waals surface area contributed by atoms with E-state index in [4.69, 9.17) is 14.2 Å². The molecule has 0 unspecified atom stereocenters. The molecule has 152 valence electrons. The molecule has 0 radical (unpaired) electrons. The minimum absolute atomic E-state index is 0.122. The van der Waals surface area contributed by atoms with E-state index in [0.29, 0.717) is 55.7 Å². The molecule has 2 aliphatic rings. The van der Waals surface area contributed by atoms with Crippen LogP contribution in [0.2, 0.25) is 0 Å². The number of piperazine rings is 1. The first-order valence-electron chi connectivity index (χ1n) is 9.71. The van der Waals surface area contributed by atoms with Gasteiger partial charge >= 0.3 is 0 Å². The fourth-order valence-electron chi connectivity index (χ4n) is 3.45. The van der Waals surface area contributed by atoms with Crippen molar-refractivity contribution in [2.75, 3.05) is 39.4 Å². The van der Waals surface area contributed by atoms with Gasteiger partial charge in [-0.15, -0.1) is 0 Å². The highest BCUT2D eigenvalue weighted by atomic mass is 16.6. The highest BCUT2D eigenvalue weighted by molar-refractivity contribution is 5.96.